The molecule has 1 N–H and O–H groups in total. The Morgan fingerprint density at radius 3 is 2.89 bits per heavy atom. The van der Waals surface area contributed by atoms with Gasteiger partial charge in [-0.1, -0.05) is 18.2 Å². The molecule has 1 heterocycles. The first-order valence-electron chi connectivity index (χ1n) is 5.35. The molecule has 1 aliphatic rings. The van der Waals surface area contributed by atoms with Crippen molar-refractivity contribution in [3.05, 3.63) is 35.0 Å². The summed E-state index contributed by atoms with van der Waals surface area (Å²) in [5, 5.41) is 9.05. The summed E-state index contributed by atoms with van der Waals surface area (Å²) in [4.78, 5) is 22.5. The van der Waals surface area contributed by atoms with Gasteiger partial charge in [-0.15, -0.1) is 0 Å². The molecule has 0 amide bonds. The Morgan fingerprint density at radius 1 is 1.28 bits per heavy atom. The molecule has 1 aromatic carbocycles. The van der Waals surface area contributed by atoms with Gasteiger partial charge < -0.3 is 5.11 Å². The minimum atomic E-state index is -1.10. The molecule has 0 saturated heterocycles. The highest BCUT2D eigenvalue weighted by molar-refractivity contribution is 6.99. The Labute approximate surface area is 106 Å². The van der Waals surface area contributed by atoms with Crippen LogP contribution in [0.5, 0.6) is 0 Å². The summed E-state index contributed by atoms with van der Waals surface area (Å²) < 4.78 is 7.83. The van der Waals surface area contributed by atoms with Gasteiger partial charge in [-0.2, -0.15) is 8.75 Å². The fourth-order valence-electron chi connectivity index (χ4n) is 2.21. The first-order chi connectivity index (χ1) is 8.66. The number of carboxylic acids is 1. The summed E-state index contributed by atoms with van der Waals surface area (Å²) in [6, 6.07) is 5.50. The number of aromatic carboxylic acids is 1. The fraction of sp³-hybridized carbons (Fsp3) is 0.167. The molecule has 3 rings (SSSR count). The van der Waals surface area contributed by atoms with Gasteiger partial charge in [0.25, 0.3) is 0 Å². The van der Waals surface area contributed by atoms with Gasteiger partial charge >= 0.3 is 5.97 Å². The zero-order chi connectivity index (χ0) is 12.7. The minimum absolute atomic E-state index is 0.0484. The van der Waals surface area contributed by atoms with Crippen LogP contribution in [0, 0.1) is 0 Å². The van der Waals surface area contributed by atoms with Crippen molar-refractivity contribution < 1.29 is 14.7 Å². The molecule has 1 aliphatic carbocycles. The van der Waals surface area contributed by atoms with Gasteiger partial charge in [-0.3, -0.25) is 4.79 Å². The monoisotopic (exact) mass is 260 g/mol. The van der Waals surface area contributed by atoms with Crippen molar-refractivity contribution in [3.8, 4) is 11.3 Å². The number of aromatic nitrogens is 2. The number of carbonyl (C=O) groups is 2. The molecule has 0 radical (unpaired) electrons. The maximum atomic E-state index is 11.5. The lowest BCUT2D eigenvalue weighted by atomic mass is 10.00. The molecule has 0 saturated carbocycles. The number of carboxylic acid groups (broad SMARTS) is 1. The Hall–Kier alpha value is -2.08. The lowest BCUT2D eigenvalue weighted by molar-refractivity contribution is -0.117. The van der Waals surface area contributed by atoms with Crippen LogP contribution in [0.25, 0.3) is 11.3 Å². The van der Waals surface area contributed by atoms with E-state index in [1.807, 2.05) is 12.1 Å². The molecule has 0 fully saturated rings. The summed E-state index contributed by atoms with van der Waals surface area (Å²) in [6.07, 6.45) is 0.769. The SMILES string of the molecule is O=C1Cc2cccc(-c3nsnc3C(=O)O)c2C1. The van der Waals surface area contributed by atoms with Crippen molar-refractivity contribution >= 4 is 23.5 Å². The predicted octanol–water partition coefficient (Wildman–Crippen LogP) is 1.57. The van der Waals surface area contributed by atoms with Crippen molar-refractivity contribution in [2.45, 2.75) is 12.8 Å². The second kappa shape index (κ2) is 3.99. The summed E-state index contributed by atoms with van der Waals surface area (Å²) in [6.45, 7) is 0. The number of benzene rings is 1. The van der Waals surface area contributed by atoms with Crippen LogP contribution < -0.4 is 0 Å². The summed E-state index contributed by atoms with van der Waals surface area (Å²) in [7, 11) is 0. The molecule has 0 unspecified atom stereocenters. The largest absolute Gasteiger partial charge is 0.476 e. The number of hydrogen-bond acceptors (Lipinski definition) is 5. The molecular weight excluding hydrogens is 252 g/mol. The van der Waals surface area contributed by atoms with Crippen LogP contribution in [-0.4, -0.2) is 25.6 Å². The minimum Gasteiger partial charge on any atom is -0.476 e. The molecule has 1 aromatic heterocycles. The average Bonchev–Trinajstić information content (AvgIpc) is 2.92. The average molecular weight is 260 g/mol. The number of ketones is 1. The van der Waals surface area contributed by atoms with Crippen LogP contribution in [0.15, 0.2) is 18.2 Å². The van der Waals surface area contributed by atoms with E-state index in [-0.39, 0.29) is 11.5 Å². The third-order valence-corrected chi connectivity index (χ3v) is 3.51. The van der Waals surface area contributed by atoms with Crippen LogP contribution in [-0.2, 0) is 17.6 Å². The number of Topliss-reactive ketones (excluding diaryl/α,β-unsaturated/α-hetero) is 1. The van der Waals surface area contributed by atoms with E-state index in [1.54, 1.807) is 6.07 Å². The van der Waals surface area contributed by atoms with E-state index < -0.39 is 5.97 Å². The second-order valence-corrected chi connectivity index (χ2v) is 4.63. The van der Waals surface area contributed by atoms with Crippen molar-refractivity contribution in [1.29, 1.82) is 0 Å². The normalized spacial score (nSPS) is 13.7. The van der Waals surface area contributed by atoms with E-state index in [4.69, 9.17) is 5.11 Å². The van der Waals surface area contributed by atoms with Crippen molar-refractivity contribution in [2.24, 2.45) is 0 Å². The highest BCUT2D eigenvalue weighted by atomic mass is 32.1. The molecule has 6 heteroatoms. The molecule has 0 aliphatic heterocycles. The summed E-state index contributed by atoms with van der Waals surface area (Å²) >= 11 is 0.870. The van der Waals surface area contributed by atoms with Gasteiger partial charge in [0.05, 0.1) is 11.7 Å². The van der Waals surface area contributed by atoms with E-state index in [1.165, 1.54) is 0 Å². The summed E-state index contributed by atoms with van der Waals surface area (Å²) in [5.74, 6) is -0.946. The Kier molecular flexibility index (Phi) is 2.45. The van der Waals surface area contributed by atoms with Crippen LogP contribution in [0.1, 0.15) is 21.6 Å². The molecule has 5 nitrogen and oxygen atoms in total. The second-order valence-electron chi connectivity index (χ2n) is 4.10. The Morgan fingerprint density at radius 2 is 2.11 bits per heavy atom. The zero-order valence-corrected chi connectivity index (χ0v) is 10.0. The number of hydrogen-bond donors (Lipinski definition) is 1. The third-order valence-electron chi connectivity index (χ3n) is 2.98. The number of rotatable bonds is 2. The maximum Gasteiger partial charge on any atom is 0.357 e. The first kappa shape index (κ1) is 11.0. The highest BCUT2D eigenvalue weighted by Crippen LogP contribution is 2.32. The molecule has 18 heavy (non-hydrogen) atoms. The van der Waals surface area contributed by atoms with E-state index >= 15 is 0 Å². The Balaban J connectivity index is 2.19. The van der Waals surface area contributed by atoms with Gasteiger partial charge in [0.1, 0.15) is 11.5 Å². The van der Waals surface area contributed by atoms with Gasteiger partial charge in [-0.05, 0) is 11.1 Å². The standard InChI is InChI=1S/C12H8N2O3S/c15-7-4-6-2-1-3-8(9(6)5-7)10-11(12(16)17)14-18-13-10/h1-3H,4-5H2,(H,16,17). The lowest BCUT2D eigenvalue weighted by Crippen LogP contribution is -2.01. The Bertz CT molecular complexity index is 663. The predicted molar refractivity (Wildman–Crippen MR) is 64.7 cm³/mol. The van der Waals surface area contributed by atoms with E-state index in [0.29, 0.717) is 24.1 Å². The molecule has 0 atom stereocenters. The molecule has 90 valence electrons. The van der Waals surface area contributed by atoms with Crippen molar-refractivity contribution in [1.82, 2.24) is 8.75 Å². The molecular formula is C12H8N2O3S. The number of nitrogens with zero attached hydrogens (tertiary/aromatic N) is 2. The van der Waals surface area contributed by atoms with Gasteiger partial charge in [0.15, 0.2) is 5.69 Å². The fourth-order valence-corrected chi connectivity index (χ4v) is 2.76. The lowest BCUT2D eigenvalue weighted by Gasteiger charge is -2.05. The third kappa shape index (κ3) is 1.62. The molecule has 0 spiro atoms. The molecule has 2 aromatic rings. The van der Waals surface area contributed by atoms with E-state index in [0.717, 1.165) is 22.9 Å². The smallest absolute Gasteiger partial charge is 0.357 e. The van der Waals surface area contributed by atoms with Crippen LogP contribution >= 0.6 is 11.7 Å². The van der Waals surface area contributed by atoms with Crippen LogP contribution in [0.2, 0.25) is 0 Å². The first-order valence-corrected chi connectivity index (χ1v) is 6.08. The van der Waals surface area contributed by atoms with Crippen molar-refractivity contribution in [2.75, 3.05) is 0 Å². The zero-order valence-electron chi connectivity index (χ0n) is 9.21. The van der Waals surface area contributed by atoms with Gasteiger partial charge in [0, 0.05) is 18.4 Å². The van der Waals surface area contributed by atoms with Gasteiger partial charge in [-0.25, -0.2) is 4.79 Å². The molecule has 0 bridgehead atoms. The maximum absolute atomic E-state index is 11.5. The van der Waals surface area contributed by atoms with Crippen molar-refractivity contribution in [3.63, 3.8) is 0 Å². The highest BCUT2D eigenvalue weighted by Gasteiger charge is 2.25. The quantitative estimate of drug-likeness (QED) is 0.886. The van der Waals surface area contributed by atoms with Crippen LogP contribution in [0.4, 0.5) is 0 Å². The number of carbonyl (C=O) groups excluding carboxylic acids is 1. The van der Waals surface area contributed by atoms with E-state index in [2.05, 4.69) is 8.75 Å². The summed E-state index contributed by atoms with van der Waals surface area (Å²) in [5.41, 5.74) is 2.87. The topological polar surface area (TPSA) is 80.2 Å². The number of fused-ring (bicyclic) bond motifs is 1. The van der Waals surface area contributed by atoms with E-state index in [9.17, 15) is 9.59 Å². The van der Waals surface area contributed by atoms with Crippen LogP contribution in [0.3, 0.4) is 0 Å². The van der Waals surface area contributed by atoms with Gasteiger partial charge in [0.2, 0.25) is 0 Å².